The van der Waals surface area contributed by atoms with Crippen LogP contribution in [0.2, 0.25) is 0 Å². The van der Waals surface area contributed by atoms with Crippen LogP contribution >= 0.6 is 0 Å². The summed E-state index contributed by atoms with van der Waals surface area (Å²) in [6, 6.07) is -0.719. The molecule has 1 aliphatic heterocycles. The molecule has 0 spiro atoms. The Hall–Kier alpha value is -0.790. The minimum absolute atomic E-state index is 0.0752. The van der Waals surface area contributed by atoms with Gasteiger partial charge in [-0.2, -0.15) is 0 Å². The summed E-state index contributed by atoms with van der Waals surface area (Å²) in [6.45, 7) is 4.32. The molecule has 128 valence electrons. The fraction of sp³-hybridized carbons (Fsp3) is 0.933. The van der Waals surface area contributed by atoms with Crippen molar-refractivity contribution in [2.75, 3.05) is 32.9 Å². The van der Waals surface area contributed by atoms with Crippen molar-refractivity contribution in [3.63, 3.8) is 0 Å². The van der Waals surface area contributed by atoms with Gasteiger partial charge in [0.05, 0.1) is 19.3 Å². The maximum atomic E-state index is 13.1. The van der Waals surface area contributed by atoms with Gasteiger partial charge in [-0.05, 0) is 25.7 Å². The number of amides is 1. The van der Waals surface area contributed by atoms with Gasteiger partial charge in [-0.1, -0.05) is 0 Å². The molecule has 0 bridgehead atoms. The monoisotopic (exact) mass is 320 g/mol. The van der Waals surface area contributed by atoms with Crippen LogP contribution in [0.25, 0.3) is 0 Å². The first-order chi connectivity index (χ1) is 10.4. The number of hydrogen-bond acceptors (Lipinski definition) is 4. The molecule has 22 heavy (non-hydrogen) atoms. The number of nitrogens with two attached hydrogens (primary N) is 1. The Bertz CT molecular complexity index is 366. The summed E-state index contributed by atoms with van der Waals surface area (Å²) in [6.07, 6.45) is 0.360. The Morgan fingerprint density at radius 1 is 1.36 bits per heavy atom. The van der Waals surface area contributed by atoms with Gasteiger partial charge in [0.15, 0.2) is 0 Å². The number of morpholine rings is 1. The lowest BCUT2D eigenvalue weighted by molar-refractivity contribution is -0.140. The predicted molar refractivity (Wildman–Crippen MR) is 77.7 cm³/mol. The molecule has 2 aliphatic rings. The number of carbonyl (C=O) groups is 1. The Kier molecular flexibility index (Phi) is 6.11. The highest BCUT2D eigenvalue weighted by Gasteiger charge is 2.35. The van der Waals surface area contributed by atoms with Gasteiger partial charge in [-0.3, -0.25) is 4.79 Å². The fourth-order valence-electron chi connectivity index (χ4n) is 2.85. The molecule has 0 aromatic rings. The molecule has 0 radical (unpaired) electrons. The lowest BCUT2D eigenvalue weighted by Gasteiger charge is -2.32. The largest absolute Gasteiger partial charge is 0.378 e. The van der Waals surface area contributed by atoms with E-state index in [1.54, 1.807) is 11.8 Å². The summed E-state index contributed by atoms with van der Waals surface area (Å²) in [7, 11) is 0. The summed E-state index contributed by atoms with van der Waals surface area (Å²) in [4.78, 5) is 13.9. The van der Waals surface area contributed by atoms with Crippen molar-refractivity contribution in [3.8, 4) is 0 Å². The number of ether oxygens (including phenoxy) is 2. The molecule has 1 saturated carbocycles. The zero-order valence-corrected chi connectivity index (χ0v) is 13.1. The van der Waals surface area contributed by atoms with Crippen LogP contribution in [0.4, 0.5) is 8.78 Å². The first-order valence-electron chi connectivity index (χ1n) is 8.00. The Labute approximate surface area is 130 Å². The maximum Gasteiger partial charge on any atom is 0.248 e. The maximum absolute atomic E-state index is 13.1. The van der Waals surface area contributed by atoms with E-state index in [4.69, 9.17) is 15.2 Å². The van der Waals surface area contributed by atoms with Gasteiger partial charge in [-0.15, -0.1) is 0 Å². The Morgan fingerprint density at radius 2 is 1.95 bits per heavy atom. The highest BCUT2D eigenvalue weighted by Crippen LogP contribution is 2.36. The van der Waals surface area contributed by atoms with Crippen LogP contribution in [0.3, 0.4) is 0 Å². The molecule has 2 N–H and O–H groups in total. The first kappa shape index (κ1) is 17.6. The summed E-state index contributed by atoms with van der Waals surface area (Å²) >= 11 is 0. The van der Waals surface area contributed by atoms with E-state index in [1.165, 1.54) is 0 Å². The third-order valence-electron chi connectivity index (χ3n) is 4.55. The van der Waals surface area contributed by atoms with Gasteiger partial charge in [-0.25, -0.2) is 8.78 Å². The molecule has 0 unspecified atom stereocenters. The third-order valence-corrected chi connectivity index (χ3v) is 4.55. The molecule has 2 atom stereocenters. The molecule has 2 rings (SSSR count). The second kappa shape index (κ2) is 7.66. The lowest BCUT2D eigenvalue weighted by atomic mass is 9.87. The summed E-state index contributed by atoms with van der Waals surface area (Å²) in [5, 5.41) is 0. The second-order valence-electron chi connectivity index (χ2n) is 6.30. The molecule has 5 nitrogen and oxygen atoms in total. The van der Waals surface area contributed by atoms with Crippen LogP contribution < -0.4 is 5.73 Å². The van der Waals surface area contributed by atoms with Crippen LogP contribution in [-0.4, -0.2) is 61.8 Å². The van der Waals surface area contributed by atoms with Gasteiger partial charge >= 0.3 is 0 Å². The van der Waals surface area contributed by atoms with E-state index in [-0.39, 0.29) is 24.7 Å². The number of hydrogen-bond donors (Lipinski definition) is 1. The topological polar surface area (TPSA) is 64.8 Å². The van der Waals surface area contributed by atoms with Gasteiger partial charge in [0.25, 0.3) is 0 Å². The molecular formula is C15H26F2N2O3. The van der Waals surface area contributed by atoms with Crippen molar-refractivity contribution in [1.29, 1.82) is 0 Å². The quantitative estimate of drug-likeness (QED) is 0.832. The Morgan fingerprint density at radius 3 is 2.55 bits per heavy atom. The van der Waals surface area contributed by atoms with Gasteiger partial charge in [0.1, 0.15) is 6.04 Å². The fourth-order valence-corrected chi connectivity index (χ4v) is 2.85. The third kappa shape index (κ3) is 4.86. The molecule has 1 saturated heterocycles. The number of halogens is 2. The van der Waals surface area contributed by atoms with Gasteiger partial charge < -0.3 is 20.1 Å². The van der Waals surface area contributed by atoms with E-state index >= 15 is 0 Å². The van der Waals surface area contributed by atoms with Crippen LogP contribution in [0.5, 0.6) is 0 Å². The average Bonchev–Trinajstić information content (AvgIpc) is 2.53. The molecule has 1 heterocycles. The molecular weight excluding hydrogens is 294 g/mol. The number of carbonyl (C=O) groups excluding carboxylic acids is 1. The van der Waals surface area contributed by atoms with Crippen molar-refractivity contribution >= 4 is 5.91 Å². The second-order valence-corrected chi connectivity index (χ2v) is 6.30. The van der Waals surface area contributed by atoms with E-state index in [1.807, 2.05) is 0 Å². The standard InChI is InChI=1S/C15H26F2N2O3/c1-11(13(18)14(20)19-6-8-21-9-7-19)22-10-12-2-4-15(16,17)5-3-12/h11-13H,2-10,18H2,1H3/t11-,13+/m1/s1. The molecule has 1 aliphatic carbocycles. The zero-order valence-electron chi connectivity index (χ0n) is 13.1. The van der Waals surface area contributed by atoms with Crippen LogP contribution in [-0.2, 0) is 14.3 Å². The Balaban J connectivity index is 1.72. The molecule has 2 fully saturated rings. The van der Waals surface area contributed by atoms with Crippen molar-refractivity contribution in [1.82, 2.24) is 4.90 Å². The van der Waals surface area contributed by atoms with Crippen LogP contribution in [0, 0.1) is 5.92 Å². The summed E-state index contributed by atoms with van der Waals surface area (Å²) in [5.41, 5.74) is 5.97. The minimum Gasteiger partial charge on any atom is -0.378 e. The number of nitrogens with zero attached hydrogens (tertiary/aromatic N) is 1. The van der Waals surface area contributed by atoms with Crippen molar-refractivity contribution < 1.29 is 23.0 Å². The number of rotatable bonds is 5. The van der Waals surface area contributed by atoms with Crippen molar-refractivity contribution in [2.24, 2.45) is 11.7 Å². The number of alkyl halides is 2. The molecule has 7 heteroatoms. The molecule has 0 aromatic carbocycles. The van der Waals surface area contributed by atoms with Crippen LogP contribution in [0.15, 0.2) is 0 Å². The minimum atomic E-state index is -2.52. The van der Waals surface area contributed by atoms with E-state index < -0.39 is 18.1 Å². The van der Waals surface area contributed by atoms with E-state index in [0.717, 1.165) is 0 Å². The molecule has 0 aromatic heterocycles. The van der Waals surface area contributed by atoms with Crippen molar-refractivity contribution in [3.05, 3.63) is 0 Å². The van der Waals surface area contributed by atoms with Gasteiger partial charge in [0, 0.05) is 32.5 Å². The SMILES string of the molecule is C[C@@H](OCC1CCC(F)(F)CC1)[C@H](N)C(=O)N1CCOCC1. The molecule has 1 amide bonds. The van der Waals surface area contributed by atoms with Crippen molar-refractivity contribution in [2.45, 2.75) is 50.7 Å². The average molecular weight is 320 g/mol. The van der Waals surface area contributed by atoms with E-state index in [9.17, 15) is 13.6 Å². The van der Waals surface area contributed by atoms with Gasteiger partial charge in [0.2, 0.25) is 11.8 Å². The highest BCUT2D eigenvalue weighted by atomic mass is 19.3. The first-order valence-corrected chi connectivity index (χ1v) is 8.00. The smallest absolute Gasteiger partial charge is 0.248 e. The van der Waals surface area contributed by atoms with Crippen LogP contribution in [0.1, 0.15) is 32.6 Å². The normalized spacial score (nSPS) is 25.7. The lowest BCUT2D eigenvalue weighted by Crippen LogP contribution is -2.53. The summed E-state index contributed by atoms with van der Waals surface area (Å²) < 4.78 is 37.1. The zero-order chi connectivity index (χ0) is 16.2. The van der Waals surface area contributed by atoms with E-state index in [2.05, 4.69) is 0 Å². The highest BCUT2D eigenvalue weighted by molar-refractivity contribution is 5.82. The summed E-state index contributed by atoms with van der Waals surface area (Å²) in [5.74, 6) is -2.52. The van der Waals surface area contributed by atoms with E-state index in [0.29, 0.717) is 45.8 Å². The predicted octanol–water partition coefficient (Wildman–Crippen LogP) is 1.40.